The molecule has 1 aromatic heterocycles. The van der Waals surface area contributed by atoms with Gasteiger partial charge in [0.25, 0.3) is 0 Å². The number of nitrogens with zero attached hydrogens (tertiary/aromatic N) is 1. The molecule has 2 atom stereocenters. The van der Waals surface area contributed by atoms with Gasteiger partial charge in [0.1, 0.15) is 11.8 Å². The number of H-pyrrole nitrogens is 1. The zero-order valence-electron chi connectivity index (χ0n) is 13.6. The van der Waals surface area contributed by atoms with Crippen molar-refractivity contribution in [2.45, 2.75) is 31.1 Å². The highest BCUT2D eigenvalue weighted by atomic mass is 19.4. The molecule has 0 aliphatic heterocycles. The number of carbonyl (C=O) groups is 1. The number of nitrogens with one attached hydrogen (secondary N) is 2. The van der Waals surface area contributed by atoms with Crippen molar-refractivity contribution in [2.75, 3.05) is 6.54 Å². The number of rotatable bonds is 8. The molecule has 0 saturated heterocycles. The molecule has 2 aromatic rings. The predicted molar refractivity (Wildman–Crippen MR) is 86.5 cm³/mol. The molecule has 0 fully saturated rings. The van der Waals surface area contributed by atoms with E-state index in [4.69, 9.17) is 5.73 Å². The van der Waals surface area contributed by atoms with Crippen LogP contribution in [0.1, 0.15) is 16.8 Å². The first-order valence-corrected chi connectivity index (χ1v) is 7.75. The van der Waals surface area contributed by atoms with Crippen LogP contribution in [0.4, 0.5) is 13.2 Å². The Morgan fingerprint density at radius 1 is 1.35 bits per heavy atom. The fraction of sp³-hybridized carbons (Fsp3) is 0.375. The van der Waals surface area contributed by atoms with E-state index in [1.807, 2.05) is 0 Å². The van der Waals surface area contributed by atoms with Gasteiger partial charge >= 0.3 is 12.1 Å². The summed E-state index contributed by atoms with van der Waals surface area (Å²) in [5.41, 5.74) is 5.71. The number of carboxylic acid groups (broad SMARTS) is 1. The Kier molecular flexibility index (Phi) is 6.22. The van der Waals surface area contributed by atoms with E-state index in [2.05, 4.69) is 15.3 Å². The van der Waals surface area contributed by atoms with Crippen molar-refractivity contribution in [1.82, 2.24) is 15.3 Å². The molecule has 6 N–H and O–H groups in total. The lowest BCUT2D eigenvalue weighted by molar-refractivity contribution is -0.140. The van der Waals surface area contributed by atoms with Crippen molar-refractivity contribution < 1.29 is 28.2 Å². The minimum absolute atomic E-state index is 0.0900. The molecule has 142 valence electrons. The van der Waals surface area contributed by atoms with E-state index in [9.17, 15) is 28.2 Å². The molecule has 0 amide bonds. The second-order valence-electron chi connectivity index (χ2n) is 5.89. The summed E-state index contributed by atoms with van der Waals surface area (Å²) in [6, 6.07) is 1.64. The largest absolute Gasteiger partial charge is 0.507 e. The second-order valence-corrected chi connectivity index (χ2v) is 5.89. The number of aromatic amines is 1. The number of aromatic hydroxyl groups is 1. The Morgan fingerprint density at radius 2 is 2.08 bits per heavy atom. The van der Waals surface area contributed by atoms with E-state index >= 15 is 0 Å². The number of nitrogens with two attached hydrogens (primary N) is 1. The van der Waals surface area contributed by atoms with Gasteiger partial charge < -0.3 is 26.2 Å². The third-order valence-corrected chi connectivity index (χ3v) is 3.77. The molecular weight excluding hydrogens is 353 g/mol. The quantitative estimate of drug-likeness (QED) is 0.476. The highest BCUT2D eigenvalue weighted by Crippen LogP contribution is 2.36. The maximum atomic E-state index is 12.8. The van der Waals surface area contributed by atoms with Crippen LogP contribution in [-0.4, -0.2) is 44.8 Å². The summed E-state index contributed by atoms with van der Waals surface area (Å²) in [4.78, 5) is 17.9. The molecule has 1 aromatic carbocycles. The number of aromatic nitrogens is 2. The van der Waals surface area contributed by atoms with Gasteiger partial charge in [0.05, 0.1) is 11.9 Å². The Labute approximate surface area is 147 Å². The number of phenolic OH excluding ortho intramolecular Hbond substituents is 1. The zero-order valence-corrected chi connectivity index (χ0v) is 13.6. The van der Waals surface area contributed by atoms with Crippen LogP contribution in [-0.2, 0) is 23.8 Å². The number of halogens is 3. The van der Waals surface area contributed by atoms with Crippen LogP contribution in [0.3, 0.4) is 0 Å². The monoisotopic (exact) mass is 372 g/mol. The maximum Gasteiger partial charge on any atom is 0.419 e. The van der Waals surface area contributed by atoms with E-state index in [0.29, 0.717) is 11.3 Å². The van der Waals surface area contributed by atoms with Gasteiger partial charge in [-0.15, -0.1) is 0 Å². The number of phenols is 1. The second kappa shape index (κ2) is 8.19. The number of aliphatic carboxylic acids is 1. The molecule has 0 saturated carbocycles. The van der Waals surface area contributed by atoms with Crippen molar-refractivity contribution in [2.24, 2.45) is 5.73 Å². The van der Waals surface area contributed by atoms with Gasteiger partial charge in [-0.1, -0.05) is 6.07 Å². The van der Waals surface area contributed by atoms with Gasteiger partial charge in [-0.05, 0) is 24.1 Å². The molecule has 7 nitrogen and oxygen atoms in total. The van der Waals surface area contributed by atoms with Crippen LogP contribution in [0.5, 0.6) is 5.75 Å². The standard InChI is InChI=1S/C16H19F3N4O3/c17-16(18,19)12-4-9(1-2-14(12)24)3-10(20)6-22-13(15(25)26)5-11-7-21-8-23-11/h1-2,4,7-8,10,13,22,24H,3,5-6,20H2,(H,21,23)(H,25,26)/t10-,13-/m0/s1. The number of hydrogen-bond acceptors (Lipinski definition) is 5. The fourth-order valence-corrected chi connectivity index (χ4v) is 2.47. The number of imidazole rings is 1. The first kappa shape index (κ1) is 19.7. The van der Waals surface area contributed by atoms with Gasteiger partial charge in [0.2, 0.25) is 0 Å². The summed E-state index contributed by atoms with van der Waals surface area (Å²) in [5.74, 6) is -1.92. The van der Waals surface area contributed by atoms with Crippen molar-refractivity contribution in [3.8, 4) is 5.75 Å². The van der Waals surface area contributed by atoms with E-state index in [-0.39, 0.29) is 19.4 Å². The average Bonchev–Trinajstić information content (AvgIpc) is 3.05. The van der Waals surface area contributed by atoms with Gasteiger partial charge in [-0.25, -0.2) is 4.98 Å². The van der Waals surface area contributed by atoms with Gasteiger partial charge in [0, 0.05) is 30.9 Å². The van der Waals surface area contributed by atoms with Crippen molar-refractivity contribution in [3.05, 3.63) is 47.5 Å². The lowest BCUT2D eigenvalue weighted by Gasteiger charge is -2.18. The molecule has 26 heavy (non-hydrogen) atoms. The molecule has 1 heterocycles. The molecule has 0 spiro atoms. The predicted octanol–water partition coefficient (Wildman–Crippen LogP) is 1.29. The van der Waals surface area contributed by atoms with Crippen LogP contribution in [0.2, 0.25) is 0 Å². The molecule has 0 radical (unpaired) electrons. The Morgan fingerprint density at radius 3 is 2.65 bits per heavy atom. The number of benzene rings is 1. The Balaban J connectivity index is 1.95. The molecule has 10 heteroatoms. The van der Waals surface area contributed by atoms with Crippen molar-refractivity contribution in [3.63, 3.8) is 0 Å². The van der Waals surface area contributed by atoms with Gasteiger partial charge in [-0.3, -0.25) is 4.79 Å². The molecule has 0 aliphatic rings. The van der Waals surface area contributed by atoms with Crippen LogP contribution in [0.25, 0.3) is 0 Å². The highest BCUT2D eigenvalue weighted by molar-refractivity contribution is 5.73. The molecule has 2 rings (SSSR count). The Bertz CT molecular complexity index is 735. The summed E-state index contributed by atoms with van der Waals surface area (Å²) in [7, 11) is 0. The first-order chi connectivity index (χ1) is 12.2. The molecule has 0 unspecified atom stereocenters. The lowest BCUT2D eigenvalue weighted by Crippen LogP contribution is -2.45. The minimum Gasteiger partial charge on any atom is -0.507 e. The van der Waals surface area contributed by atoms with E-state index < -0.39 is 35.5 Å². The molecule has 0 aliphatic carbocycles. The van der Waals surface area contributed by atoms with Crippen molar-refractivity contribution >= 4 is 5.97 Å². The van der Waals surface area contributed by atoms with Gasteiger partial charge in [-0.2, -0.15) is 13.2 Å². The highest BCUT2D eigenvalue weighted by Gasteiger charge is 2.34. The fourth-order valence-electron chi connectivity index (χ4n) is 2.47. The molecular formula is C16H19F3N4O3. The third-order valence-electron chi connectivity index (χ3n) is 3.77. The maximum absolute atomic E-state index is 12.8. The third kappa shape index (κ3) is 5.46. The van der Waals surface area contributed by atoms with E-state index in [1.54, 1.807) is 0 Å². The van der Waals surface area contributed by atoms with Crippen LogP contribution < -0.4 is 11.1 Å². The lowest BCUT2D eigenvalue weighted by atomic mass is 10.0. The average molecular weight is 372 g/mol. The first-order valence-electron chi connectivity index (χ1n) is 7.75. The van der Waals surface area contributed by atoms with Crippen LogP contribution in [0, 0.1) is 0 Å². The SMILES string of the molecule is N[C@H](CN[C@@H](Cc1cnc[nH]1)C(=O)O)Cc1ccc(O)c(C(F)(F)F)c1. The summed E-state index contributed by atoms with van der Waals surface area (Å²) in [6.07, 6.45) is -1.47. The molecule has 0 bridgehead atoms. The topological polar surface area (TPSA) is 124 Å². The van der Waals surface area contributed by atoms with Crippen LogP contribution in [0.15, 0.2) is 30.7 Å². The summed E-state index contributed by atoms with van der Waals surface area (Å²) in [6.45, 7) is 0.0906. The number of hydrogen-bond donors (Lipinski definition) is 5. The van der Waals surface area contributed by atoms with Crippen molar-refractivity contribution in [1.29, 1.82) is 0 Å². The van der Waals surface area contributed by atoms with E-state index in [1.165, 1.54) is 18.6 Å². The summed E-state index contributed by atoms with van der Waals surface area (Å²) >= 11 is 0. The Hall–Kier alpha value is -2.59. The normalized spacial score (nSPS) is 14.2. The minimum atomic E-state index is -4.67. The van der Waals surface area contributed by atoms with E-state index in [0.717, 1.165) is 12.1 Å². The number of carboxylic acids is 1. The van der Waals surface area contributed by atoms with Gasteiger partial charge in [0.15, 0.2) is 0 Å². The van der Waals surface area contributed by atoms with Crippen LogP contribution >= 0.6 is 0 Å². The smallest absolute Gasteiger partial charge is 0.419 e. The summed E-state index contributed by atoms with van der Waals surface area (Å²) in [5, 5.41) is 21.4. The zero-order chi connectivity index (χ0) is 19.3. The summed E-state index contributed by atoms with van der Waals surface area (Å²) < 4.78 is 38.4. The number of alkyl halides is 3.